The number of benzene rings is 2. The zero-order chi connectivity index (χ0) is 25.0. The van der Waals surface area contributed by atoms with Crippen molar-refractivity contribution >= 4 is 44.6 Å². The second-order valence-electron chi connectivity index (χ2n) is 7.15. The molecule has 0 saturated heterocycles. The average Bonchev–Trinajstić information content (AvgIpc) is 3.23. The molecule has 0 spiro atoms. The van der Waals surface area contributed by atoms with E-state index in [1.54, 1.807) is 13.0 Å². The van der Waals surface area contributed by atoms with E-state index in [0.29, 0.717) is 10.4 Å². The van der Waals surface area contributed by atoms with E-state index in [1.165, 1.54) is 62.6 Å². The van der Waals surface area contributed by atoms with Gasteiger partial charge in [0.05, 0.1) is 22.1 Å². The molecule has 0 bridgehead atoms. The molecule has 0 aliphatic heterocycles. The number of ether oxygens (including phenoxy) is 1. The smallest absolute Gasteiger partial charge is 0.350 e. The average molecular weight is 504 g/mol. The highest BCUT2D eigenvalue weighted by molar-refractivity contribution is 7.89. The Kier molecular flexibility index (Phi) is 7.44. The number of nitro benzene ring substituents is 1. The van der Waals surface area contributed by atoms with E-state index in [4.69, 9.17) is 4.74 Å². The minimum Gasteiger partial charge on any atom is -0.462 e. The Bertz CT molecular complexity index is 1360. The summed E-state index contributed by atoms with van der Waals surface area (Å²) >= 11 is 1.02. The number of amides is 1. The lowest BCUT2D eigenvalue weighted by Gasteiger charge is -2.12. The van der Waals surface area contributed by atoms with Crippen LogP contribution in [0.2, 0.25) is 0 Å². The molecule has 0 fully saturated rings. The molecule has 3 rings (SSSR count). The second kappa shape index (κ2) is 10.1. The van der Waals surface area contributed by atoms with Crippen LogP contribution in [-0.4, -0.2) is 50.2 Å². The summed E-state index contributed by atoms with van der Waals surface area (Å²) in [6.45, 7) is 1.75. The Morgan fingerprint density at radius 1 is 1.12 bits per heavy atom. The van der Waals surface area contributed by atoms with Gasteiger partial charge in [0, 0.05) is 36.7 Å². The molecule has 12 heteroatoms. The zero-order valence-electron chi connectivity index (χ0n) is 18.5. The maximum absolute atomic E-state index is 12.9. The predicted molar refractivity (Wildman–Crippen MR) is 128 cm³/mol. The summed E-state index contributed by atoms with van der Waals surface area (Å²) in [5, 5.41) is 13.8. The third kappa shape index (κ3) is 5.30. The van der Waals surface area contributed by atoms with Crippen LogP contribution in [0, 0.1) is 10.1 Å². The van der Waals surface area contributed by atoms with Gasteiger partial charge >= 0.3 is 5.97 Å². The van der Waals surface area contributed by atoms with Gasteiger partial charge < -0.3 is 10.1 Å². The fraction of sp³-hybridized carbons (Fsp3) is 0.182. The molecule has 0 radical (unpaired) electrons. The van der Waals surface area contributed by atoms with Crippen LogP contribution in [0.1, 0.15) is 27.0 Å². The van der Waals surface area contributed by atoms with Gasteiger partial charge in [-0.3, -0.25) is 14.9 Å². The number of nitro groups is 1. The minimum absolute atomic E-state index is 0.0571. The number of anilines is 1. The van der Waals surface area contributed by atoms with Gasteiger partial charge in [0.1, 0.15) is 4.88 Å². The van der Waals surface area contributed by atoms with Crippen molar-refractivity contribution in [2.75, 3.05) is 26.0 Å². The Morgan fingerprint density at radius 2 is 1.82 bits per heavy atom. The summed E-state index contributed by atoms with van der Waals surface area (Å²) in [5.41, 5.74) is 0.592. The van der Waals surface area contributed by atoms with Crippen molar-refractivity contribution in [1.82, 2.24) is 4.31 Å². The van der Waals surface area contributed by atoms with Crippen LogP contribution in [0.4, 0.5) is 11.4 Å². The molecule has 0 unspecified atom stereocenters. The number of nitrogens with one attached hydrogen (secondary N) is 1. The van der Waals surface area contributed by atoms with Gasteiger partial charge in [-0.05, 0) is 36.8 Å². The summed E-state index contributed by atoms with van der Waals surface area (Å²) in [5.74, 6) is -1.30. The van der Waals surface area contributed by atoms with Gasteiger partial charge in [-0.25, -0.2) is 17.5 Å². The summed E-state index contributed by atoms with van der Waals surface area (Å²) in [6.07, 6.45) is 0. The van der Waals surface area contributed by atoms with E-state index < -0.39 is 26.8 Å². The van der Waals surface area contributed by atoms with Crippen LogP contribution in [0.3, 0.4) is 0 Å². The molecule has 0 saturated carbocycles. The summed E-state index contributed by atoms with van der Waals surface area (Å²) in [7, 11) is -0.985. The lowest BCUT2D eigenvalue weighted by Crippen LogP contribution is -2.23. The molecular formula is C22H21N3O7S2. The van der Waals surface area contributed by atoms with Gasteiger partial charge in [-0.15, -0.1) is 11.3 Å². The Morgan fingerprint density at radius 3 is 2.47 bits per heavy atom. The van der Waals surface area contributed by atoms with Crippen molar-refractivity contribution in [3.63, 3.8) is 0 Å². The molecule has 3 aromatic rings. The van der Waals surface area contributed by atoms with Crippen molar-refractivity contribution in [2.45, 2.75) is 11.8 Å². The maximum Gasteiger partial charge on any atom is 0.350 e. The zero-order valence-corrected chi connectivity index (χ0v) is 20.1. The second-order valence-corrected chi connectivity index (χ2v) is 10.4. The van der Waals surface area contributed by atoms with Crippen molar-refractivity contribution < 1.29 is 27.7 Å². The Balaban J connectivity index is 1.99. The number of hydrogen-bond acceptors (Lipinski definition) is 8. The summed E-state index contributed by atoms with van der Waals surface area (Å²) < 4.78 is 30.9. The number of rotatable bonds is 8. The van der Waals surface area contributed by atoms with E-state index in [-0.39, 0.29) is 33.3 Å². The molecule has 2 aromatic carbocycles. The minimum atomic E-state index is -3.75. The number of nitrogens with zero attached hydrogens (tertiary/aromatic N) is 2. The normalized spacial score (nSPS) is 11.3. The molecule has 1 amide bonds. The molecule has 1 N–H and O–H groups in total. The third-order valence-corrected chi connectivity index (χ3v) is 7.63. The van der Waals surface area contributed by atoms with E-state index >= 15 is 0 Å². The van der Waals surface area contributed by atoms with E-state index in [2.05, 4.69) is 5.32 Å². The van der Waals surface area contributed by atoms with E-state index in [9.17, 15) is 28.1 Å². The number of esters is 1. The van der Waals surface area contributed by atoms with Crippen molar-refractivity contribution in [3.05, 3.63) is 75.2 Å². The molecule has 1 heterocycles. The quantitative estimate of drug-likeness (QED) is 0.279. The van der Waals surface area contributed by atoms with Gasteiger partial charge in [0.25, 0.3) is 11.6 Å². The monoisotopic (exact) mass is 503 g/mol. The first-order chi connectivity index (χ1) is 16.0. The predicted octanol–water partition coefficient (Wildman–Crippen LogP) is 4.00. The first-order valence-electron chi connectivity index (χ1n) is 9.94. The lowest BCUT2D eigenvalue weighted by atomic mass is 10.1. The third-order valence-electron chi connectivity index (χ3n) is 4.66. The topological polar surface area (TPSA) is 136 Å². The van der Waals surface area contributed by atoms with Crippen LogP contribution in [0.25, 0.3) is 10.4 Å². The number of thiophene rings is 1. The Hall–Kier alpha value is -3.61. The Labute approximate surface area is 200 Å². The molecule has 0 aliphatic rings. The van der Waals surface area contributed by atoms with Crippen LogP contribution in [-0.2, 0) is 14.8 Å². The standard InChI is InChI=1S/C22H21N3O7S2/c1-4-32-22(27)20-18(13-19(33-20)14-7-5-9-16(11-14)25(28)29)23-21(26)15-8-6-10-17(12-15)34(30,31)24(2)3/h5-13H,4H2,1-3H3,(H,23,26). The van der Waals surface area contributed by atoms with Crippen LogP contribution < -0.4 is 5.32 Å². The highest BCUT2D eigenvalue weighted by atomic mass is 32.2. The number of non-ortho nitro benzene ring substituents is 1. The molecule has 0 aliphatic carbocycles. The van der Waals surface area contributed by atoms with Crippen LogP contribution in [0.5, 0.6) is 0 Å². The number of carbonyl (C=O) groups is 2. The van der Waals surface area contributed by atoms with Gasteiger partial charge in [-0.2, -0.15) is 0 Å². The molecule has 10 nitrogen and oxygen atoms in total. The maximum atomic E-state index is 12.9. The number of carbonyl (C=O) groups excluding carboxylic acids is 2. The SMILES string of the molecule is CCOC(=O)c1sc(-c2cccc([N+](=O)[O-])c2)cc1NC(=O)c1cccc(S(=O)(=O)N(C)C)c1. The van der Waals surface area contributed by atoms with Crippen LogP contribution in [0.15, 0.2) is 59.5 Å². The summed E-state index contributed by atoms with van der Waals surface area (Å²) in [6, 6.07) is 12.9. The molecular weight excluding hydrogens is 482 g/mol. The van der Waals surface area contributed by atoms with E-state index in [0.717, 1.165) is 15.6 Å². The van der Waals surface area contributed by atoms with Gasteiger partial charge in [0.2, 0.25) is 10.0 Å². The fourth-order valence-corrected chi connectivity index (χ4v) is 4.90. The van der Waals surface area contributed by atoms with E-state index in [1.807, 2.05) is 0 Å². The van der Waals surface area contributed by atoms with Crippen LogP contribution >= 0.6 is 11.3 Å². The highest BCUT2D eigenvalue weighted by Gasteiger charge is 2.23. The molecule has 1 aromatic heterocycles. The van der Waals surface area contributed by atoms with Gasteiger partial charge in [-0.1, -0.05) is 18.2 Å². The lowest BCUT2D eigenvalue weighted by molar-refractivity contribution is -0.384. The number of hydrogen-bond donors (Lipinski definition) is 1. The van der Waals surface area contributed by atoms with Crippen molar-refractivity contribution in [3.8, 4) is 10.4 Å². The highest BCUT2D eigenvalue weighted by Crippen LogP contribution is 2.37. The van der Waals surface area contributed by atoms with Crippen molar-refractivity contribution in [2.24, 2.45) is 0 Å². The fourth-order valence-electron chi connectivity index (χ4n) is 2.95. The number of sulfonamides is 1. The first kappa shape index (κ1) is 25.0. The molecule has 0 atom stereocenters. The largest absolute Gasteiger partial charge is 0.462 e. The molecule has 178 valence electrons. The summed E-state index contributed by atoms with van der Waals surface area (Å²) in [4.78, 5) is 36.6. The van der Waals surface area contributed by atoms with Crippen molar-refractivity contribution in [1.29, 1.82) is 0 Å². The van der Waals surface area contributed by atoms with Gasteiger partial charge in [0.15, 0.2) is 0 Å². The first-order valence-corrected chi connectivity index (χ1v) is 12.2. The molecule has 34 heavy (non-hydrogen) atoms.